The second-order valence-corrected chi connectivity index (χ2v) is 6.92. The molecular formula is C17H19F3N2O2S. The second-order valence-electron chi connectivity index (χ2n) is 5.52. The maximum absolute atomic E-state index is 13.4. The number of aliphatic carboxylic acids is 1. The first-order valence-corrected chi connectivity index (χ1v) is 8.93. The van der Waals surface area contributed by atoms with E-state index < -0.39 is 23.6 Å². The maximum atomic E-state index is 13.4. The predicted molar refractivity (Wildman–Crippen MR) is 92.7 cm³/mol. The van der Waals surface area contributed by atoms with Crippen LogP contribution in [0.4, 0.5) is 13.2 Å². The van der Waals surface area contributed by atoms with Crippen LogP contribution in [0, 0.1) is 0 Å². The fraction of sp³-hybridized carbons (Fsp3) is 0.412. The lowest BCUT2D eigenvalue weighted by Gasteiger charge is -2.28. The fourth-order valence-corrected chi connectivity index (χ4v) is 3.45. The van der Waals surface area contributed by atoms with Crippen molar-refractivity contribution in [3.63, 3.8) is 0 Å². The summed E-state index contributed by atoms with van der Waals surface area (Å²) in [7, 11) is 0. The summed E-state index contributed by atoms with van der Waals surface area (Å²) < 4.78 is 40.3. The summed E-state index contributed by atoms with van der Waals surface area (Å²) in [4.78, 5) is 11.7. The van der Waals surface area contributed by atoms with E-state index in [4.69, 9.17) is 0 Å². The first-order valence-electron chi connectivity index (χ1n) is 7.77. The van der Waals surface area contributed by atoms with E-state index in [9.17, 15) is 23.1 Å². The summed E-state index contributed by atoms with van der Waals surface area (Å²) in [6.07, 6.45) is -4.16. The molecule has 8 heteroatoms. The van der Waals surface area contributed by atoms with Crippen molar-refractivity contribution in [2.24, 2.45) is 5.10 Å². The Balaban J connectivity index is 2.56. The number of benzene rings is 1. The number of allylic oxidation sites excluding steroid dienone is 1. The highest BCUT2D eigenvalue weighted by atomic mass is 32.2. The monoisotopic (exact) mass is 372 g/mol. The fourth-order valence-electron chi connectivity index (χ4n) is 2.81. The van der Waals surface area contributed by atoms with Crippen LogP contribution < -0.4 is 5.43 Å². The number of carboxylic acids is 1. The average molecular weight is 372 g/mol. The largest absolute Gasteiger partial charge is 0.478 e. The van der Waals surface area contributed by atoms with E-state index in [0.29, 0.717) is 17.9 Å². The molecule has 1 unspecified atom stereocenters. The molecular weight excluding hydrogens is 353 g/mol. The lowest BCUT2D eigenvalue weighted by atomic mass is 9.81. The van der Waals surface area contributed by atoms with Gasteiger partial charge in [-0.15, -0.1) is 0 Å². The molecule has 0 aromatic heterocycles. The van der Waals surface area contributed by atoms with Gasteiger partial charge >= 0.3 is 12.1 Å². The van der Waals surface area contributed by atoms with Crippen LogP contribution in [0.25, 0.3) is 0 Å². The van der Waals surface area contributed by atoms with Crippen LogP contribution in [-0.2, 0) is 11.0 Å². The minimum atomic E-state index is -4.57. The zero-order valence-electron chi connectivity index (χ0n) is 13.9. The highest BCUT2D eigenvalue weighted by Crippen LogP contribution is 2.40. The van der Waals surface area contributed by atoms with Crippen LogP contribution in [0.1, 0.15) is 37.3 Å². The van der Waals surface area contributed by atoms with E-state index in [1.807, 2.05) is 6.92 Å². The number of carbonyl (C=O) groups is 1. The van der Waals surface area contributed by atoms with Gasteiger partial charge in [0.25, 0.3) is 0 Å². The molecule has 1 heterocycles. The molecule has 0 amide bonds. The first-order chi connectivity index (χ1) is 11.8. The minimum absolute atomic E-state index is 0.0755. The Morgan fingerprint density at radius 1 is 1.36 bits per heavy atom. The van der Waals surface area contributed by atoms with Crippen molar-refractivity contribution in [3.8, 4) is 0 Å². The van der Waals surface area contributed by atoms with E-state index in [1.54, 1.807) is 11.8 Å². The maximum Gasteiger partial charge on any atom is 0.416 e. The van der Waals surface area contributed by atoms with Crippen molar-refractivity contribution >= 4 is 23.4 Å². The second kappa shape index (κ2) is 7.95. The summed E-state index contributed by atoms with van der Waals surface area (Å²) in [6, 6.07) is 5.09. The molecule has 0 saturated heterocycles. The highest BCUT2D eigenvalue weighted by molar-refractivity contribution is 7.99. The van der Waals surface area contributed by atoms with Gasteiger partial charge in [0, 0.05) is 5.70 Å². The van der Waals surface area contributed by atoms with Gasteiger partial charge in [0.1, 0.15) is 0 Å². The molecule has 0 saturated carbocycles. The molecule has 1 aromatic rings. The Hall–Kier alpha value is -1.96. The quantitative estimate of drug-likeness (QED) is 0.733. The zero-order chi connectivity index (χ0) is 18.6. The standard InChI is InChI=1S/C17H19F3N2O2S/c1-3-25-9-8-13-15(14(16(23)24)10(2)21-22-13)11-6-4-5-7-12(11)17(18,19)20/h4-7,15,21H,3,8-9H2,1-2H3,(H,23,24). The predicted octanol–water partition coefficient (Wildman–Crippen LogP) is 4.25. The number of alkyl halides is 3. The molecule has 2 rings (SSSR count). The summed E-state index contributed by atoms with van der Waals surface area (Å²) in [5.74, 6) is -0.740. The topological polar surface area (TPSA) is 61.7 Å². The third-order valence-electron chi connectivity index (χ3n) is 3.91. The lowest BCUT2D eigenvalue weighted by molar-refractivity contribution is -0.138. The van der Waals surface area contributed by atoms with Crippen molar-refractivity contribution in [1.29, 1.82) is 0 Å². The smallest absolute Gasteiger partial charge is 0.416 e. The van der Waals surface area contributed by atoms with Crippen molar-refractivity contribution in [1.82, 2.24) is 5.43 Å². The van der Waals surface area contributed by atoms with Gasteiger partial charge in [-0.3, -0.25) is 5.43 Å². The van der Waals surface area contributed by atoms with E-state index in [1.165, 1.54) is 25.1 Å². The summed E-state index contributed by atoms with van der Waals surface area (Å²) in [5.41, 5.74) is 2.30. The molecule has 1 atom stereocenters. The molecule has 1 aromatic carbocycles. The molecule has 2 N–H and O–H groups in total. The minimum Gasteiger partial charge on any atom is -0.478 e. The van der Waals surface area contributed by atoms with Crippen LogP contribution >= 0.6 is 11.8 Å². The van der Waals surface area contributed by atoms with Crippen LogP contribution in [0.15, 0.2) is 40.6 Å². The SMILES string of the molecule is CCSCCC1=NNC(C)=C(C(=O)O)C1c1ccccc1C(F)(F)F. The van der Waals surface area contributed by atoms with E-state index in [2.05, 4.69) is 10.5 Å². The van der Waals surface area contributed by atoms with Gasteiger partial charge in [-0.05, 0) is 36.5 Å². The van der Waals surface area contributed by atoms with Gasteiger partial charge in [0.15, 0.2) is 0 Å². The zero-order valence-corrected chi connectivity index (χ0v) is 14.7. The highest BCUT2D eigenvalue weighted by Gasteiger charge is 2.40. The third-order valence-corrected chi connectivity index (χ3v) is 4.81. The Bertz CT molecular complexity index is 714. The van der Waals surface area contributed by atoms with Crippen LogP contribution in [0.3, 0.4) is 0 Å². The van der Waals surface area contributed by atoms with Crippen LogP contribution in [0.5, 0.6) is 0 Å². The molecule has 1 aliphatic heterocycles. The van der Waals surface area contributed by atoms with Gasteiger partial charge in [-0.1, -0.05) is 25.1 Å². The number of halogens is 3. The Morgan fingerprint density at radius 3 is 2.64 bits per heavy atom. The number of hydrogen-bond donors (Lipinski definition) is 2. The molecule has 136 valence electrons. The molecule has 1 aliphatic rings. The van der Waals surface area contributed by atoms with Crippen molar-refractivity contribution in [2.75, 3.05) is 11.5 Å². The number of hydrazone groups is 1. The summed E-state index contributed by atoms with van der Waals surface area (Å²) >= 11 is 1.62. The van der Waals surface area contributed by atoms with Crippen LogP contribution in [-0.4, -0.2) is 28.3 Å². The van der Waals surface area contributed by atoms with Crippen molar-refractivity contribution in [2.45, 2.75) is 32.4 Å². The molecule has 0 aliphatic carbocycles. The number of hydrogen-bond acceptors (Lipinski definition) is 4. The van der Waals surface area contributed by atoms with E-state index in [-0.39, 0.29) is 16.8 Å². The van der Waals surface area contributed by atoms with Gasteiger partial charge in [-0.25, -0.2) is 4.79 Å². The van der Waals surface area contributed by atoms with Crippen molar-refractivity contribution < 1.29 is 23.1 Å². The van der Waals surface area contributed by atoms with Gasteiger partial charge in [-0.2, -0.15) is 30.0 Å². The van der Waals surface area contributed by atoms with E-state index in [0.717, 1.165) is 11.8 Å². The molecule has 0 bridgehead atoms. The third kappa shape index (κ3) is 4.36. The number of nitrogens with zero attached hydrogens (tertiary/aromatic N) is 1. The Labute approximate surface area is 148 Å². The molecule has 0 spiro atoms. The Morgan fingerprint density at radius 2 is 2.04 bits per heavy atom. The van der Waals surface area contributed by atoms with E-state index >= 15 is 0 Å². The molecule has 0 radical (unpaired) electrons. The first kappa shape index (κ1) is 19.4. The molecule has 25 heavy (non-hydrogen) atoms. The Kier molecular flexibility index (Phi) is 6.16. The number of thioether (sulfide) groups is 1. The van der Waals surface area contributed by atoms with Crippen molar-refractivity contribution in [3.05, 3.63) is 46.7 Å². The normalized spacial score (nSPS) is 18.0. The number of carboxylic acid groups (broad SMARTS) is 1. The lowest BCUT2D eigenvalue weighted by Crippen LogP contribution is -2.31. The number of nitrogens with one attached hydrogen (secondary N) is 1. The summed E-state index contributed by atoms with van der Waals surface area (Å²) in [6.45, 7) is 3.49. The van der Waals surface area contributed by atoms with Gasteiger partial charge in [0.05, 0.1) is 22.8 Å². The average Bonchev–Trinajstić information content (AvgIpc) is 2.55. The van der Waals surface area contributed by atoms with Gasteiger partial charge < -0.3 is 5.11 Å². The number of rotatable bonds is 6. The van der Waals surface area contributed by atoms with Gasteiger partial charge in [0.2, 0.25) is 0 Å². The van der Waals surface area contributed by atoms with Crippen LogP contribution in [0.2, 0.25) is 0 Å². The summed E-state index contributed by atoms with van der Waals surface area (Å²) in [5, 5.41) is 13.7. The molecule has 4 nitrogen and oxygen atoms in total. The molecule has 0 fully saturated rings.